The summed E-state index contributed by atoms with van der Waals surface area (Å²) in [5.74, 6) is 2.37. The van der Waals surface area contributed by atoms with Crippen LogP contribution in [0.5, 0.6) is 23.0 Å². The van der Waals surface area contributed by atoms with E-state index in [0.717, 1.165) is 45.3 Å². The second-order valence-corrected chi connectivity index (χ2v) is 11.3. The third kappa shape index (κ3) is 18.5. The van der Waals surface area contributed by atoms with Crippen LogP contribution >= 0.6 is 0 Å². The van der Waals surface area contributed by atoms with Crippen LogP contribution in [-0.4, -0.2) is 48.2 Å². The fraction of sp³-hybridized carbons (Fsp3) is 0.174. The van der Waals surface area contributed by atoms with E-state index in [9.17, 15) is 19.8 Å². The Morgan fingerprint density at radius 3 is 0.855 bits per heavy atom. The first-order valence-corrected chi connectivity index (χ1v) is 17.7. The molecule has 0 unspecified atom stereocenters. The number of ether oxygens (including phenoxy) is 4. The molecule has 4 rings (SSSR count). The van der Waals surface area contributed by atoms with Gasteiger partial charge in [0.05, 0.1) is 26.4 Å². The molecule has 0 fully saturated rings. The number of aliphatic hydroxyl groups excluding tert-OH is 2. The van der Waals surface area contributed by atoms with Gasteiger partial charge in [-0.05, 0) is 123 Å². The van der Waals surface area contributed by atoms with Crippen molar-refractivity contribution in [3.05, 3.63) is 167 Å². The summed E-state index contributed by atoms with van der Waals surface area (Å²) in [6.07, 6.45) is 15.0. The summed E-state index contributed by atoms with van der Waals surface area (Å²) < 4.78 is 21.5. The minimum Gasteiger partial charge on any atom is -0.508 e. The second kappa shape index (κ2) is 25.9. The molecule has 8 nitrogen and oxygen atoms in total. The number of aliphatic hydroxyl groups is 2. The number of benzene rings is 4. The molecule has 1 radical (unpaired) electrons. The molecule has 0 saturated heterocycles. The molecular weight excluding hydrogens is 744 g/mol. The average Bonchev–Trinajstić information content (AvgIpc) is 3.17. The van der Waals surface area contributed by atoms with Crippen LogP contribution in [0, 0.1) is 0 Å². The van der Waals surface area contributed by atoms with Gasteiger partial charge in [-0.15, -0.1) is 0 Å². The number of carbonyl (C=O) groups excluding carboxylic acids is 2. The van der Waals surface area contributed by atoms with Crippen molar-refractivity contribution in [1.29, 1.82) is 0 Å². The van der Waals surface area contributed by atoms with E-state index in [0.29, 0.717) is 26.4 Å². The van der Waals surface area contributed by atoms with Crippen LogP contribution in [0.15, 0.2) is 145 Å². The van der Waals surface area contributed by atoms with E-state index in [2.05, 4.69) is 0 Å². The van der Waals surface area contributed by atoms with Crippen molar-refractivity contribution >= 4 is 35.9 Å². The molecule has 0 saturated carbocycles. The fourth-order valence-corrected chi connectivity index (χ4v) is 4.57. The van der Waals surface area contributed by atoms with E-state index >= 15 is 0 Å². The molecule has 0 aliphatic heterocycles. The Balaban J connectivity index is 0.000000373. The summed E-state index contributed by atoms with van der Waals surface area (Å²) in [4.78, 5) is 23.9. The first-order valence-electron chi connectivity index (χ1n) is 17.7. The molecule has 9 heteroatoms. The van der Waals surface area contributed by atoms with Crippen molar-refractivity contribution in [3.8, 4) is 23.0 Å². The topological polar surface area (TPSA) is 112 Å². The molecule has 4 aromatic rings. The molecule has 0 bridgehead atoms. The Hall–Kier alpha value is -6.02. The van der Waals surface area contributed by atoms with Gasteiger partial charge in [0.15, 0.2) is 11.6 Å². The molecular formula is C46H48CuO8. The largest absolute Gasteiger partial charge is 0.508 e. The second-order valence-electron chi connectivity index (χ2n) is 11.3. The first kappa shape index (κ1) is 45.1. The number of hydrogen-bond acceptors (Lipinski definition) is 8. The van der Waals surface area contributed by atoms with Crippen LogP contribution in [0.25, 0.3) is 24.3 Å². The SMILES string of the molecule is CCOc1ccc(/C=C/C(=O)/C=C(O)/C=C/c2ccc(OCC)cc2)cc1.CCOc1ccc(/C=C/C(=O)/C=C(O)/C=C/c2ccc(OCC)cc2)cc1.[Cu]. The predicted molar refractivity (Wildman–Crippen MR) is 218 cm³/mol. The Kier molecular flexibility index (Phi) is 21.2. The monoisotopic (exact) mass is 791 g/mol. The van der Waals surface area contributed by atoms with Crippen LogP contribution in [0.4, 0.5) is 0 Å². The molecule has 0 heterocycles. The molecule has 0 aromatic heterocycles. The van der Waals surface area contributed by atoms with E-state index < -0.39 is 0 Å². The summed E-state index contributed by atoms with van der Waals surface area (Å²) in [5, 5.41) is 19.8. The third-order valence-corrected chi connectivity index (χ3v) is 7.12. The van der Waals surface area contributed by atoms with Gasteiger partial charge in [-0.2, -0.15) is 0 Å². The molecule has 4 aromatic carbocycles. The van der Waals surface area contributed by atoms with Gasteiger partial charge in [0, 0.05) is 29.2 Å². The maximum atomic E-state index is 11.9. The summed E-state index contributed by atoms with van der Waals surface area (Å²) in [6, 6.07) is 29.8. The molecule has 0 spiro atoms. The van der Waals surface area contributed by atoms with Crippen LogP contribution in [0.1, 0.15) is 49.9 Å². The summed E-state index contributed by atoms with van der Waals surface area (Å²) in [7, 11) is 0. The summed E-state index contributed by atoms with van der Waals surface area (Å²) in [5.41, 5.74) is 3.56. The van der Waals surface area contributed by atoms with E-state index in [4.69, 9.17) is 18.9 Å². The zero-order chi connectivity index (χ0) is 39.0. The Bertz CT molecular complexity index is 1780. The van der Waals surface area contributed by atoms with Crippen LogP contribution in [0.3, 0.4) is 0 Å². The van der Waals surface area contributed by atoms with Gasteiger partial charge in [-0.3, -0.25) is 9.59 Å². The minimum absolute atomic E-state index is 0. The minimum atomic E-state index is -0.294. The maximum Gasteiger partial charge on any atom is 0.182 e. The van der Waals surface area contributed by atoms with E-state index in [1.165, 1.54) is 36.5 Å². The predicted octanol–water partition coefficient (Wildman–Crippen LogP) is 10.4. The van der Waals surface area contributed by atoms with Gasteiger partial charge in [0.2, 0.25) is 0 Å². The quantitative estimate of drug-likeness (QED) is 0.0443. The number of rotatable bonds is 18. The van der Waals surface area contributed by atoms with Gasteiger partial charge in [0.25, 0.3) is 0 Å². The van der Waals surface area contributed by atoms with Crippen molar-refractivity contribution in [1.82, 2.24) is 0 Å². The smallest absolute Gasteiger partial charge is 0.182 e. The molecule has 0 atom stereocenters. The van der Waals surface area contributed by atoms with Gasteiger partial charge < -0.3 is 29.2 Å². The van der Waals surface area contributed by atoms with Crippen molar-refractivity contribution in [2.75, 3.05) is 26.4 Å². The Labute approximate surface area is 334 Å². The van der Waals surface area contributed by atoms with Crippen LogP contribution in [0.2, 0.25) is 0 Å². The third-order valence-electron chi connectivity index (χ3n) is 7.12. The number of ketones is 2. The van der Waals surface area contributed by atoms with Gasteiger partial charge in [-0.25, -0.2) is 0 Å². The molecule has 2 N–H and O–H groups in total. The Morgan fingerprint density at radius 2 is 0.636 bits per heavy atom. The molecule has 0 aliphatic carbocycles. The van der Waals surface area contributed by atoms with E-state index in [1.54, 1.807) is 24.3 Å². The summed E-state index contributed by atoms with van der Waals surface area (Å²) >= 11 is 0. The molecule has 0 amide bonds. The standard InChI is InChI=1S/2C23H24O4.Cu/c2*1-3-26-22-13-7-18(8-14-22)5-11-20(24)17-21(25)12-6-19-9-15-23(16-10-19)27-4-2;/h2*5-17,24H,3-4H2,1-2H3;/b2*11-5+,12-6+,20-17-;. The maximum absolute atomic E-state index is 11.9. The van der Waals surface area contributed by atoms with E-state index in [1.807, 2.05) is 125 Å². The van der Waals surface area contributed by atoms with Gasteiger partial charge >= 0.3 is 0 Å². The number of carbonyl (C=O) groups is 2. The number of allylic oxidation sites excluding steroid dienone is 6. The van der Waals surface area contributed by atoms with Gasteiger partial charge in [0.1, 0.15) is 34.5 Å². The van der Waals surface area contributed by atoms with Crippen LogP contribution < -0.4 is 18.9 Å². The normalized spacial score (nSPS) is 11.6. The van der Waals surface area contributed by atoms with Crippen molar-refractivity contribution < 1.29 is 55.8 Å². The van der Waals surface area contributed by atoms with Crippen molar-refractivity contribution in [2.24, 2.45) is 0 Å². The van der Waals surface area contributed by atoms with E-state index in [-0.39, 0.29) is 40.2 Å². The molecule has 291 valence electrons. The zero-order valence-corrected chi connectivity index (χ0v) is 32.4. The summed E-state index contributed by atoms with van der Waals surface area (Å²) in [6.45, 7) is 10.2. The Morgan fingerprint density at radius 1 is 0.418 bits per heavy atom. The van der Waals surface area contributed by atoms with Crippen molar-refractivity contribution in [2.45, 2.75) is 27.7 Å². The average molecular weight is 792 g/mol. The first-order chi connectivity index (χ1) is 26.2. The van der Waals surface area contributed by atoms with Gasteiger partial charge in [-0.1, -0.05) is 72.8 Å². The zero-order valence-electron chi connectivity index (χ0n) is 31.5. The number of hydrogen-bond donors (Lipinski definition) is 2. The molecule has 0 aliphatic rings. The molecule has 55 heavy (non-hydrogen) atoms. The fourth-order valence-electron chi connectivity index (χ4n) is 4.57. The van der Waals surface area contributed by atoms with Crippen LogP contribution in [-0.2, 0) is 26.7 Å². The van der Waals surface area contributed by atoms with Crippen molar-refractivity contribution in [3.63, 3.8) is 0 Å².